The van der Waals surface area contributed by atoms with E-state index in [2.05, 4.69) is 12.2 Å². The molecule has 1 aliphatic carbocycles. The third-order valence-corrected chi connectivity index (χ3v) is 4.20. The van der Waals surface area contributed by atoms with Gasteiger partial charge in [0, 0.05) is 17.8 Å². The van der Waals surface area contributed by atoms with Crippen molar-refractivity contribution in [1.82, 2.24) is 0 Å². The summed E-state index contributed by atoms with van der Waals surface area (Å²) in [4.78, 5) is 10.2. The van der Waals surface area contributed by atoms with Crippen molar-refractivity contribution >= 4 is 23.0 Å². The molecule has 1 unspecified atom stereocenters. The van der Waals surface area contributed by atoms with Crippen LogP contribution in [0.5, 0.6) is 0 Å². The Bertz CT molecular complexity index is 459. The Hall–Kier alpha value is -1.29. The van der Waals surface area contributed by atoms with Gasteiger partial charge in [0.25, 0.3) is 5.69 Å². The van der Waals surface area contributed by atoms with Gasteiger partial charge in [0.2, 0.25) is 0 Å². The van der Waals surface area contributed by atoms with Crippen molar-refractivity contribution < 1.29 is 4.92 Å². The zero-order valence-electron chi connectivity index (χ0n) is 11.1. The number of hydrogen-bond acceptors (Lipinski definition) is 3. The molecule has 1 fully saturated rings. The molecule has 1 aliphatic rings. The number of nitro benzene ring substituents is 1. The lowest BCUT2D eigenvalue weighted by atomic mass is 9.84. The summed E-state index contributed by atoms with van der Waals surface area (Å²) in [6.07, 6.45) is 6.46. The smallest absolute Gasteiger partial charge is 0.288 e. The second kappa shape index (κ2) is 6.24. The fourth-order valence-corrected chi connectivity index (χ4v) is 3.01. The van der Waals surface area contributed by atoms with Gasteiger partial charge in [-0.3, -0.25) is 10.1 Å². The van der Waals surface area contributed by atoms with Gasteiger partial charge in [-0.25, -0.2) is 0 Å². The molecule has 4 nitrogen and oxygen atoms in total. The first-order chi connectivity index (χ1) is 9.08. The zero-order valence-corrected chi connectivity index (χ0v) is 11.8. The van der Waals surface area contributed by atoms with Crippen LogP contribution in [0.15, 0.2) is 18.2 Å². The molecule has 0 spiro atoms. The first kappa shape index (κ1) is 14.1. The highest BCUT2D eigenvalue weighted by Crippen LogP contribution is 2.30. The van der Waals surface area contributed by atoms with Crippen LogP contribution in [0, 0.1) is 16.0 Å². The monoisotopic (exact) mass is 282 g/mol. The number of anilines is 1. The Kier molecular flexibility index (Phi) is 4.64. The van der Waals surface area contributed by atoms with Crippen LogP contribution in [0.3, 0.4) is 0 Å². The molecular formula is C14H19ClN2O2. The summed E-state index contributed by atoms with van der Waals surface area (Å²) in [6, 6.07) is 5.19. The van der Waals surface area contributed by atoms with Crippen molar-refractivity contribution in [2.45, 2.75) is 45.1 Å². The van der Waals surface area contributed by atoms with Gasteiger partial charge in [-0.1, -0.05) is 30.9 Å². The molecule has 19 heavy (non-hydrogen) atoms. The first-order valence-electron chi connectivity index (χ1n) is 6.78. The van der Waals surface area contributed by atoms with E-state index in [-0.39, 0.29) is 10.7 Å². The maximum Gasteiger partial charge on any atom is 0.288 e. The minimum atomic E-state index is -0.462. The maximum absolute atomic E-state index is 10.7. The molecule has 1 saturated carbocycles. The highest BCUT2D eigenvalue weighted by atomic mass is 35.5. The van der Waals surface area contributed by atoms with Crippen LogP contribution in [0.25, 0.3) is 0 Å². The van der Waals surface area contributed by atoms with E-state index in [1.807, 2.05) is 0 Å². The largest absolute Gasteiger partial charge is 0.382 e. The van der Waals surface area contributed by atoms with E-state index in [9.17, 15) is 10.1 Å². The van der Waals surface area contributed by atoms with Crippen molar-refractivity contribution in [3.05, 3.63) is 33.3 Å². The van der Waals surface area contributed by atoms with Gasteiger partial charge < -0.3 is 5.32 Å². The van der Waals surface area contributed by atoms with Crippen molar-refractivity contribution in [3.63, 3.8) is 0 Å². The number of nitro groups is 1. The van der Waals surface area contributed by atoms with Gasteiger partial charge in [-0.15, -0.1) is 0 Å². The van der Waals surface area contributed by atoms with E-state index < -0.39 is 4.92 Å². The predicted molar refractivity (Wildman–Crippen MR) is 77.8 cm³/mol. The van der Waals surface area contributed by atoms with Gasteiger partial charge in [0.05, 0.1) is 4.92 Å². The number of nitrogens with one attached hydrogen (secondary N) is 1. The Morgan fingerprint density at radius 1 is 1.37 bits per heavy atom. The van der Waals surface area contributed by atoms with Gasteiger partial charge in [-0.05, 0) is 37.8 Å². The molecule has 0 aliphatic heterocycles. The van der Waals surface area contributed by atoms with Crippen LogP contribution in [-0.2, 0) is 0 Å². The molecule has 1 N–H and O–H groups in total. The number of benzene rings is 1. The molecule has 0 aromatic heterocycles. The molecule has 0 heterocycles. The molecule has 1 aromatic carbocycles. The highest BCUT2D eigenvalue weighted by molar-refractivity contribution is 6.32. The summed E-state index contributed by atoms with van der Waals surface area (Å²) in [7, 11) is 0. The summed E-state index contributed by atoms with van der Waals surface area (Å²) in [5.41, 5.74) is 0.811. The van der Waals surface area contributed by atoms with Crippen LogP contribution < -0.4 is 5.32 Å². The second-order valence-electron chi connectivity index (χ2n) is 5.25. The van der Waals surface area contributed by atoms with E-state index in [0.717, 1.165) is 5.69 Å². The van der Waals surface area contributed by atoms with Gasteiger partial charge in [0.1, 0.15) is 5.02 Å². The topological polar surface area (TPSA) is 55.2 Å². The summed E-state index contributed by atoms with van der Waals surface area (Å²) in [6.45, 7) is 2.17. The van der Waals surface area contributed by atoms with Crippen LogP contribution in [0.4, 0.5) is 11.4 Å². The molecule has 2 rings (SSSR count). The summed E-state index contributed by atoms with van der Waals surface area (Å²) < 4.78 is 0. The quantitative estimate of drug-likeness (QED) is 0.647. The Morgan fingerprint density at radius 2 is 2.05 bits per heavy atom. The zero-order chi connectivity index (χ0) is 13.8. The van der Waals surface area contributed by atoms with Crippen LogP contribution >= 0.6 is 11.6 Å². The van der Waals surface area contributed by atoms with E-state index >= 15 is 0 Å². The minimum Gasteiger partial charge on any atom is -0.382 e. The third-order valence-electron chi connectivity index (χ3n) is 3.90. The second-order valence-corrected chi connectivity index (χ2v) is 5.66. The Balaban J connectivity index is 2.02. The van der Waals surface area contributed by atoms with Crippen LogP contribution in [0.2, 0.25) is 5.02 Å². The van der Waals surface area contributed by atoms with Crippen molar-refractivity contribution in [1.29, 1.82) is 0 Å². The average Bonchev–Trinajstić information content (AvgIpc) is 2.39. The Morgan fingerprint density at radius 3 is 2.63 bits per heavy atom. The number of halogens is 1. The predicted octanol–water partition coefficient (Wildman–Crippen LogP) is 4.63. The van der Waals surface area contributed by atoms with E-state index in [1.165, 1.54) is 38.2 Å². The van der Waals surface area contributed by atoms with E-state index in [4.69, 9.17) is 11.6 Å². The SMILES string of the molecule is CC(Nc1ccc([N+](=O)[O-])c(Cl)c1)C1CCCCC1. The molecular weight excluding hydrogens is 264 g/mol. The molecule has 0 radical (unpaired) electrons. The van der Waals surface area contributed by atoms with Crippen molar-refractivity contribution in [3.8, 4) is 0 Å². The van der Waals surface area contributed by atoms with E-state index in [0.29, 0.717) is 12.0 Å². The lowest BCUT2D eigenvalue weighted by Gasteiger charge is -2.29. The first-order valence-corrected chi connectivity index (χ1v) is 7.16. The molecule has 0 saturated heterocycles. The summed E-state index contributed by atoms with van der Waals surface area (Å²) in [5, 5.41) is 14.3. The molecule has 104 valence electrons. The number of nitrogens with zero attached hydrogens (tertiary/aromatic N) is 1. The summed E-state index contributed by atoms with van der Waals surface area (Å²) in [5.74, 6) is 0.683. The van der Waals surface area contributed by atoms with Gasteiger partial charge >= 0.3 is 0 Å². The third kappa shape index (κ3) is 3.60. The lowest BCUT2D eigenvalue weighted by molar-refractivity contribution is -0.384. The molecule has 1 aromatic rings. The minimum absolute atomic E-state index is 0.0439. The molecule has 1 atom stereocenters. The van der Waals surface area contributed by atoms with Crippen molar-refractivity contribution in [2.24, 2.45) is 5.92 Å². The Labute approximate surface area is 118 Å². The highest BCUT2D eigenvalue weighted by Gasteiger charge is 2.20. The summed E-state index contributed by atoms with van der Waals surface area (Å²) >= 11 is 5.91. The lowest BCUT2D eigenvalue weighted by Crippen LogP contribution is -2.27. The van der Waals surface area contributed by atoms with Gasteiger partial charge in [0.15, 0.2) is 0 Å². The van der Waals surface area contributed by atoms with Gasteiger partial charge in [-0.2, -0.15) is 0 Å². The number of rotatable bonds is 4. The van der Waals surface area contributed by atoms with Crippen LogP contribution in [-0.4, -0.2) is 11.0 Å². The fourth-order valence-electron chi connectivity index (χ4n) is 2.76. The van der Waals surface area contributed by atoms with Crippen LogP contribution in [0.1, 0.15) is 39.0 Å². The van der Waals surface area contributed by atoms with Crippen molar-refractivity contribution in [2.75, 3.05) is 5.32 Å². The average molecular weight is 283 g/mol. The standard InChI is InChI=1S/C14H19ClN2O2/c1-10(11-5-3-2-4-6-11)16-12-7-8-14(17(18)19)13(15)9-12/h7-11,16H,2-6H2,1H3. The molecule has 0 amide bonds. The number of hydrogen-bond donors (Lipinski definition) is 1. The molecule has 5 heteroatoms. The fraction of sp³-hybridized carbons (Fsp3) is 0.571. The van der Waals surface area contributed by atoms with E-state index in [1.54, 1.807) is 12.1 Å². The normalized spacial score (nSPS) is 18.0. The molecule has 0 bridgehead atoms. The maximum atomic E-state index is 10.7.